The third-order valence-corrected chi connectivity index (χ3v) is 2.39. The molecule has 0 amide bonds. The Morgan fingerprint density at radius 1 is 1.47 bits per heavy atom. The quantitative estimate of drug-likeness (QED) is 0.517. The molecule has 2 aromatic heterocycles. The van der Waals surface area contributed by atoms with Crippen LogP contribution in [0.1, 0.15) is 12.7 Å². The highest BCUT2D eigenvalue weighted by molar-refractivity contribution is 5.51. The maximum atomic E-state index is 5.29. The van der Waals surface area contributed by atoms with E-state index in [-0.39, 0.29) is 0 Å². The second-order valence-corrected chi connectivity index (χ2v) is 3.46. The van der Waals surface area contributed by atoms with Crippen LogP contribution in [-0.2, 0) is 13.1 Å². The standard InChI is InChI=1S/C10H15N7/c1-2-17-7-14-16-10(17)6-13-8-3-4-12-9(5-8)15-11/h3-5,7H,2,6,11H2,1H3,(H2,12,13,15). The number of hydrogen-bond acceptors (Lipinski definition) is 6. The molecule has 0 saturated carbocycles. The number of aromatic nitrogens is 4. The average Bonchev–Trinajstić information content (AvgIpc) is 2.84. The third kappa shape index (κ3) is 2.70. The molecule has 0 unspecified atom stereocenters. The first-order chi connectivity index (χ1) is 8.33. The first-order valence-corrected chi connectivity index (χ1v) is 5.36. The van der Waals surface area contributed by atoms with Crippen LogP contribution in [0.3, 0.4) is 0 Å². The summed E-state index contributed by atoms with van der Waals surface area (Å²) >= 11 is 0. The Morgan fingerprint density at radius 2 is 2.35 bits per heavy atom. The van der Waals surface area contributed by atoms with Gasteiger partial charge in [0.25, 0.3) is 0 Å². The van der Waals surface area contributed by atoms with Gasteiger partial charge in [0.05, 0.1) is 6.54 Å². The number of nitrogens with two attached hydrogens (primary N) is 1. The molecule has 17 heavy (non-hydrogen) atoms. The molecule has 7 nitrogen and oxygen atoms in total. The maximum Gasteiger partial charge on any atom is 0.152 e. The van der Waals surface area contributed by atoms with Gasteiger partial charge >= 0.3 is 0 Å². The van der Waals surface area contributed by atoms with Crippen molar-refractivity contribution in [1.29, 1.82) is 0 Å². The summed E-state index contributed by atoms with van der Waals surface area (Å²) in [6, 6.07) is 3.69. The van der Waals surface area contributed by atoms with Crippen LogP contribution < -0.4 is 16.6 Å². The van der Waals surface area contributed by atoms with E-state index in [1.54, 1.807) is 12.5 Å². The third-order valence-electron chi connectivity index (χ3n) is 2.39. The van der Waals surface area contributed by atoms with Gasteiger partial charge in [-0.3, -0.25) is 0 Å². The lowest BCUT2D eigenvalue weighted by molar-refractivity contribution is 0.708. The molecule has 2 rings (SSSR count). The normalized spacial score (nSPS) is 10.2. The summed E-state index contributed by atoms with van der Waals surface area (Å²) < 4.78 is 1.98. The monoisotopic (exact) mass is 233 g/mol. The Morgan fingerprint density at radius 3 is 3.12 bits per heavy atom. The SMILES string of the molecule is CCn1cnnc1CNc1ccnc(NN)c1. The number of hydrazine groups is 1. The zero-order valence-electron chi connectivity index (χ0n) is 9.59. The summed E-state index contributed by atoms with van der Waals surface area (Å²) in [5.74, 6) is 6.80. The fraction of sp³-hybridized carbons (Fsp3) is 0.300. The molecule has 0 aromatic carbocycles. The maximum absolute atomic E-state index is 5.29. The number of nitrogens with zero attached hydrogens (tertiary/aromatic N) is 4. The molecule has 0 aliphatic carbocycles. The van der Waals surface area contributed by atoms with Gasteiger partial charge in [-0.15, -0.1) is 10.2 Å². The lowest BCUT2D eigenvalue weighted by atomic mass is 10.4. The van der Waals surface area contributed by atoms with Crippen molar-refractivity contribution in [3.05, 3.63) is 30.5 Å². The van der Waals surface area contributed by atoms with Crippen LogP contribution >= 0.6 is 0 Å². The van der Waals surface area contributed by atoms with E-state index in [9.17, 15) is 0 Å². The van der Waals surface area contributed by atoms with E-state index in [0.717, 1.165) is 18.1 Å². The molecule has 0 aliphatic heterocycles. The summed E-state index contributed by atoms with van der Waals surface area (Å²) in [6.45, 7) is 3.52. The van der Waals surface area contributed by atoms with Crippen LogP contribution in [0.5, 0.6) is 0 Å². The molecule has 0 bridgehead atoms. The van der Waals surface area contributed by atoms with Crippen molar-refractivity contribution >= 4 is 11.5 Å². The average molecular weight is 233 g/mol. The summed E-state index contributed by atoms with van der Waals surface area (Å²) in [6.07, 6.45) is 3.40. The number of hydrogen-bond donors (Lipinski definition) is 3. The zero-order valence-corrected chi connectivity index (χ0v) is 9.59. The largest absolute Gasteiger partial charge is 0.378 e. The van der Waals surface area contributed by atoms with E-state index in [1.807, 2.05) is 16.7 Å². The van der Waals surface area contributed by atoms with Gasteiger partial charge < -0.3 is 15.3 Å². The first kappa shape index (κ1) is 11.3. The molecule has 4 N–H and O–H groups in total. The molecule has 0 fully saturated rings. The van der Waals surface area contributed by atoms with Gasteiger partial charge in [0.15, 0.2) is 5.82 Å². The van der Waals surface area contributed by atoms with Crippen molar-refractivity contribution < 1.29 is 0 Å². The van der Waals surface area contributed by atoms with E-state index >= 15 is 0 Å². The van der Waals surface area contributed by atoms with E-state index in [0.29, 0.717) is 12.4 Å². The lowest BCUT2D eigenvalue weighted by Crippen LogP contribution is -2.10. The molecule has 0 radical (unpaired) electrons. The Balaban J connectivity index is 2.02. The van der Waals surface area contributed by atoms with Crippen LogP contribution in [0.15, 0.2) is 24.7 Å². The number of pyridine rings is 1. The molecular weight excluding hydrogens is 218 g/mol. The van der Waals surface area contributed by atoms with Crippen molar-refractivity contribution in [2.24, 2.45) is 5.84 Å². The van der Waals surface area contributed by atoms with Crippen LogP contribution in [0.2, 0.25) is 0 Å². The van der Waals surface area contributed by atoms with E-state index < -0.39 is 0 Å². The van der Waals surface area contributed by atoms with Gasteiger partial charge in [0, 0.05) is 24.5 Å². The number of nitrogen functional groups attached to an aromatic ring is 1. The Labute approximate surface area is 99.0 Å². The highest BCUT2D eigenvalue weighted by Crippen LogP contribution is 2.11. The molecule has 0 atom stereocenters. The predicted octanol–water partition coefficient (Wildman–Crippen LogP) is 0.591. The van der Waals surface area contributed by atoms with Gasteiger partial charge in [-0.2, -0.15) is 0 Å². The minimum Gasteiger partial charge on any atom is -0.378 e. The Kier molecular flexibility index (Phi) is 3.51. The van der Waals surface area contributed by atoms with E-state index in [1.165, 1.54) is 0 Å². The topological polar surface area (TPSA) is 93.7 Å². The summed E-state index contributed by atoms with van der Waals surface area (Å²) in [5.41, 5.74) is 3.43. The fourth-order valence-corrected chi connectivity index (χ4v) is 1.48. The van der Waals surface area contributed by atoms with Gasteiger partial charge in [-0.1, -0.05) is 0 Å². The smallest absolute Gasteiger partial charge is 0.152 e. The molecule has 90 valence electrons. The van der Waals surface area contributed by atoms with Crippen molar-refractivity contribution in [3.63, 3.8) is 0 Å². The van der Waals surface area contributed by atoms with Crippen molar-refractivity contribution in [3.8, 4) is 0 Å². The van der Waals surface area contributed by atoms with Crippen LogP contribution in [0.4, 0.5) is 11.5 Å². The minimum absolute atomic E-state index is 0.613. The molecule has 0 saturated heterocycles. The summed E-state index contributed by atoms with van der Waals surface area (Å²) in [5, 5.41) is 11.1. The number of nitrogens with one attached hydrogen (secondary N) is 2. The van der Waals surface area contributed by atoms with Gasteiger partial charge in [-0.25, -0.2) is 10.8 Å². The van der Waals surface area contributed by atoms with Crippen molar-refractivity contribution in [1.82, 2.24) is 19.7 Å². The van der Waals surface area contributed by atoms with Gasteiger partial charge in [0.1, 0.15) is 12.1 Å². The highest BCUT2D eigenvalue weighted by Gasteiger charge is 2.02. The molecule has 0 aliphatic rings. The van der Waals surface area contributed by atoms with Crippen LogP contribution in [0, 0.1) is 0 Å². The zero-order chi connectivity index (χ0) is 12.1. The number of anilines is 2. The van der Waals surface area contributed by atoms with Crippen LogP contribution in [0.25, 0.3) is 0 Å². The van der Waals surface area contributed by atoms with Crippen molar-refractivity contribution in [2.75, 3.05) is 10.7 Å². The minimum atomic E-state index is 0.613. The second-order valence-electron chi connectivity index (χ2n) is 3.46. The van der Waals surface area contributed by atoms with Crippen molar-refractivity contribution in [2.45, 2.75) is 20.0 Å². The second kappa shape index (κ2) is 5.26. The van der Waals surface area contributed by atoms with Gasteiger partial charge in [-0.05, 0) is 13.0 Å². The Hall–Kier alpha value is -2.15. The summed E-state index contributed by atoms with van der Waals surface area (Å²) in [4.78, 5) is 4.03. The highest BCUT2D eigenvalue weighted by atomic mass is 15.3. The van der Waals surface area contributed by atoms with Crippen LogP contribution in [-0.4, -0.2) is 19.7 Å². The molecule has 2 heterocycles. The predicted molar refractivity (Wildman–Crippen MR) is 65.1 cm³/mol. The molecule has 7 heteroatoms. The number of rotatable bonds is 5. The first-order valence-electron chi connectivity index (χ1n) is 5.36. The Bertz CT molecular complexity index is 479. The fourth-order valence-electron chi connectivity index (χ4n) is 1.48. The van der Waals surface area contributed by atoms with E-state index in [2.05, 4.69) is 32.8 Å². The van der Waals surface area contributed by atoms with Gasteiger partial charge in [0.2, 0.25) is 0 Å². The van der Waals surface area contributed by atoms with E-state index in [4.69, 9.17) is 5.84 Å². The molecule has 0 spiro atoms. The number of aryl methyl sites for hydroxylation is 1. The molecular formula is C10H15N7. The molecule has 2 aromatic rings. The lowest BCUT2D eigenvalue weighted by Gasteiger charge is -2.07. The summed E-state index contributed by atoms with van der Waals surface area (Å²) in [7, 11) is 0.